The number of ether oxygens (including phenoxy) is 1. The largest absolute Gasteiger partial charge is 0.481 e. The van der Waals surface area contributed by atoms with Crippen LogP contribution in [0.15, 0.2) is 48.1 Å². The molecule has 20 heavy (non-hydrogen) atoms. The summed E-state index contributed by atoms with van der Waals surface area (Å²) in [4.78, 5) is 23.4. The van der Waals surface area contributed by atoms with Crippen LogP contribution in [0.5, 0.6) is 0 Å². The number of hydrogen-bond donors (Lipinski definition) is 1. The molecule has 0 spiro atoms. The van der Waals surface area contributed by atoms with Gasteiger partial charge >= 0.3 is 5.97 Å². The average Bonchev–Trinajstić information content (AvgIpc) is 2.57. The lowest BCUT2D eigenvalue weighted by Crippen LogP contribution is -2.27. The van der Waals surface area contributed by atoms with Gasteiger partial charge in [-0.15, -0.1) is 0 Å². The standard InChI is InChI=1S/C16H14O4/c17-15(18)8-10-5-6-14-13(7-10)16(19)12-4-2-1-3-11(12)9-20-14/h1-7,13-14H,8-9H2,(H,17,18). The molecule has 2 aliphatic rings. The lowest BCUT2D eigenvalue weighted by Gasteiger charge is -2.22. The Balaban J connectivity index is 1.96. The molecule has 1 aromatic carbocycles. The minimum absolute atomic E-state index is 0.00432. The summed E-state index contributed by atoms with van der Waals surface area (Å²) in [6, 6.07) is 7.40. The van der Waals surface area contributed by atoms with Crippen molar-refractivity contribution in [2.75, 3.05) is 0 Å². The van der Waals surface area contributed by atoms with Gasteiger partial charge in [0.25, 0.3) is 0 Å². The van der Waals surface area contributed by atoms with Crippen molar-refractivity contribution in [2.45, 2.75) is 19.1 Å². The number of fused-ring (bicyclic) bond motifs is 2. The number of ketones is 1. The van der Waals surface area contributed by atoms with Gasteiger partial charge in [0.2, 0.25) is 0 Å². The van der Waals surface area contributed by atoms with Gasteiger partial charge in [0.15, 0.2) is 5.78 Å². The second-order valence-corrected chi connectivity index (χ2v) is 4.99. The monoisotopic (exact) mass is 270 g/mol. The fourth-order valence-corrected chi connectivity index (χ4v) is 2.65. The van der Waals surface area contributed by atoms with Crippen molar-refractivity contribution >= 4 is 11.8 Å². The van der Waals surface area contributed by atoms with E-state index in [1.807, 2.05) is 18.2 Å². The molecule has 0 saturated carbocycles. The molecule has 0 fully saturated rings. The maximum atomic E-state index is 12.6. The molecule has 1 aromatic rings. The van der Waals surface area contributed by atoms with Crippen LogP contribution in [0, 0.1) is 5.92 Å². The van der Waals surface area contributed by atoms with E-state index in [1.54, 1.807) is 24.3 Å². The number of rotatable bonds is 2. The van der Waals surface area contributed by atoms with Crippen LogP contribution >= 0.6 is 0 Å². The molecule has 4 nitrogen and oxygen atoms in total. The van der Waals surface area contributed by atoms with Crippen LogP contribution in [0.1, 0.15) is 22.3 Å². The van der Waals surface area contributed by atoms with Gasteiger partial charge in [-0.1, -0.05) is 42.5 Å². The molecule has 4 heteroatoms. The zero-order chi connectivity index (χ0) is 14.1. The Morgan fingerprint density at radius 2 is 2.15 bits per heavy atom. The fourth-order valence-electron chi connectivity index (χ4n) is 2.65. The highest BCUT2D eigenvalue weighted by molar-refractivity contribution is 6.01. The molecule has 0 aromatic heterocycles. The Bertz CT molecular complexity index is 627. The molecule has 1 N–H and O–H groups in total. The Kier molecular flexibility index (Phi) is 3.24. The van der Waals surface area contributed by atoms with Crippen LogP contribution in [0.25, 0.3) is 0 Å². The first kappa shape index (κ1) is 12.8. The molecule has 102 valence electrons. The zero-order valence-corrected chi connectivity index (χ0v) is 10.8. The summed E-state index contributed by atoms with van der Waals surface area (Å²) in [5, 5.41) is 8.85. The van der Waals surface area contributed by atoms with Crippen LogP contribution in [0.4, 0.5) is 0 Å². The minimum Gasteiger partial charge on any atom is -0.481 e. The third kappa shape index (κ3) is 2.30. The van der Waals surface area contributed by atoms with E-state index in [4.69, 9.17) is 9.84 Å². The lowest BCUT2D eigenvalue weighted by atomic mass is 9.86. The summed E-state index contributed by atoms with van der Waals surface area (Å²) in [5.41, 5.74) is 2.20. The van der Waals surface area contributed by atoms with Crippen molar-refractivity contribution in [3.8, 4) is 0 Å². The van der Waals surface area contributed by atoms with Gasteiger partial charge in [-0.3, -0.25) is 9.59 Å². The Labute approximate surface area is 116 Å². The fraction of sp³-hybridized carbons (Fsp3) is 0.250. The van der Waals surface area contributed by atoms with Crippen LogP contribution in [-0.4, -0.2) is 23.0 Å². The van der Waals surface area contributed by atoms with Crippen molar-refractivity contribution in [3.63, 3.8) is 0 Å². The highest BCUT2D eigenvalue weighted by atomic mass is 16.5. The number of hydrogen-bond acceptors (Lipinski definition) is 3. The molecule has 1 heterocycles. The Hall–Kier alpha value is -2.20. The van der Waals surface area contributed by atoms with E-state index in [0.29, 0.717) is 17.7 Å². The first-order valence-corrected chi connectivity index (χ1v) is 6.49. The van der Waals surface area contributed by atoms with Crippen molar-refractivity contribution < 1.29 is 19.4 Å². The van der Waals surface area contributed by atoms with Crippen molar-refractivity contribution in [1.29, 1.82) is 0 Å². The molecular formula is C16H14O4. The summed E-state index contributed by atoms with van der Waals surface area (Å²) in [6.45, 7) is 0.398. The van der Waals surface area contributed by atoms with Crippen molar-refractivity contribution in [3.05, 3.63) is 59.2 Å². The maximum absolute atomic E-state index is 12.6. The van der Waals surface area contributed by atoms with Gasteiger partial charge in [-0.05, 0) is 11.1 Å². The third-order valence-electron chi connectivity index (χ3n) is 3.62. The number of Topliss-reactive ketones (excluding diaryl/α,β-unsaturated/α-hetero) is 1. The highest BCUT2D eigenvalue weighted by Gasteiger charge is 2.33. The van der Waals surface area contributed by atoms with Gasteiger partial charge in [-0.2, -0.15) is 0 Å². The van der Waals surface area contributed by atoms with Gasteiger partial charge in [-0.25, -0.2) is 0 Å². The number of carboxylic acid groups (broad SMARTS) is 1. The first-order chi connectivity index (χ1) is 9.65. The summed E-state index contributed by atoms with van der Waals surface area (Å²) in [6.07, 6.45) is 4.86. The van der Waals surface area contributed by atoms with Gasteiger partial charge in [0.05, 0.1) is 25.0 Å². The second kappa shape index (κ2) is 5.06. The number of carbonyl (C=O) groups is 2. The lowest BCUT2D eigenvalue weighted by molar-refractivity contribution is -0.136. The van der Waals surface area contributed by atoms with Crippen LogP contribution < -0.4 is 0 Å². The number of benzene rings is 1. The molecule has 0 bridgehead atoms. The minimum atomic E-state index is -0.901. The SMILES string of the molecule is O=C(O)CC1=CC2C(=O)c3ccccc3COC2C=C1. The van der Waals surface area contributed by atoms with Crippen LogP contribution in [0.2, 0.25) is 0 Å². The van der Waals surface area contributed by atoms with Crippen molar-refractivity contribution in [2.24, 2.45) is 5.92 Å². The van der Waals surface area contributed by atoms with Gasteiger partial charge < -0.3 is 9.84 Å². The molecule has 1 aliphatic carbocycles. The predicted octanol–water partition coefficient (Wildman–Crippen LogP) is 2.36. The number of carbonyl (C=O) groups excluding carboxylic acids is 1. The van der Waals surface area contributed by atoms with E-state index in [9.17, 15) is 9.59 Å². The number of carboxylic acids is 1. The molecule has 3 rings (SSSR count). The van der Waals surface area contributed by atoms with E-state index in [2.05, 4.69) is 0 Å². The summed E-state index contributed by atoms with van der Waals surface area (Å²) in [7, 11) is 0. The quantitative estimate of drug-likeness (QED) is 0.896. The topological polar surface area (TPSA) is 63.6 Å². The molecule has 1 aliphatic heterocycles. The van der Waals surface area contributed by atoms with E-state index < -0.39 is 11.9 Å². The molecule has 2 atom stereocenters. The molecular weight excluding hydrogens is 256 g/mol. The molecule has 0 saturated heterocycles. The first-order valence-electron chi connectivity index (χ1n) is 6.49. The van der Waals surface area contributed by atoms with Gasteiger partial charge in [0, 0.05) is 5.56 Å². The summed E-state index contributed by atoms with van der Waals surface area (Å²) >= 11 is 0. The molecule has 0 amide bonds. The van der Waals surface area contributed by atoms with Gasteiger partial charge in [0.1, 0.15) is 0 Å². The average molecular weight is 270 g/mol. The Morgan fingerprint density at radius 3 is 2.95 bits per heavy atom. The number of allylic oxidation sites excluding steroid dienone is 1. The van der Waals surface area contributed by atoms with Crippen LogP contribution in [0.3, 0.4) is 0 Å². The van der Waals surface area contributed by atoms with E-state index >= 15 is 0 Å². The van der Waals surface area contributed by atoms with E-state index in [-0.39, 0.29) is 18.3 Å². The highest BCUT2D eigenvalue weighted by Crippen LogP contribution is 2.30. The molecule has 2 unspecified atom stereocenters. The zero-order valence-electron chi connectivity index (χ0n) is 10.8. The molecule has 0 radical (unpaired) electrons. The smallest absolute Gasteiger partial charge is 0.307 e. The second-order valence-electron chi connectivity index (χ2n) is 4.99. The van der Waals surface area contributed by atoms with E-state index in [1.165, 1.54) is 0 Å². The maximum Gasteiger partial charge on any atom is 0.307 e. The Morgan fingerprint density at radius 1 is 1.35 bits per heavy atom. The third-order valence-corrected chi connectivity index (χ3v) is 3.62. The normalized spacial score (nSPS) is 24.4. The summed E-state index contributed by atoms with van der Waals surface area (Å²) < 4.78 is 5.76. The van der Waals surface area contributed by atoms with E-state index in [0.717, 1.165) is 5.56 Å². The summed E-state index contributed by atoms with van der Waals surface area (Å²) in [5.74, 6) is -1.34. The van der Waals surface area contributed by atoms with Crippen LogP contribution in [-0.2, 0) is 16.1 Å². The van der Waals surface area contributed by atoms with Crippen molar-refractivity contribution in [1.82, 2.24) is 0 Å². The predicted molar refractivity (Wildman–Crippen MR) is 72.3 cm³/mol. The number of aliphatic carboxylic acids is 1.